The van der Waals surface area contributed by atoms with Gasteiger partial charge in [-0.25, -0.2) is 0 Å². The lowest BCUT2D eigenvalue weighted by atomic mass is 10.1. The van der Waals surface area contributed by atoms with E-state index in [-0.39, 0.29) is 6.04 Å². The molecule has 1 aromatic carbocycles. The second kappa shape index (κ2) is 6.94. The Morgan fingerprint density at radius 3 is 2.79 bits per heavy atom. The highest BCUT2D eigenvalue weighted by Gasteiger charge is 2.14. The summed E-state index contributed by atoms with van der Waals surface area (Å²) in [5, 5.41) is 3.33. The lowest BCUT2D eigenvalue weighted by Crippen LogP contribution is -2.16. The molecule has 1 N–H and O–H groups in total. The van der Waals surface area contributed by atoms with Crippen LogP contribution in [0.1, 0.15) is 29.8 Å². The van der Waals surface area contributed by atoms with Crippen LogP contribution in [0.3, 0.4) is 0 Å². The number of thiophene rings is 1. The number of nitrogens with one attached hydrogen (secondary N) is 1. The van der Waals surface area contributed by atoms with Crippen molar-refractivity contribution in [2.75, 3.05) is 13.7 Å². The first-order valence-corrected chi connectivity index (χ1v) is 7.59. The molecule has 0 aliphatic rings. The van der Waals surface area contributed by atoms with E-state index < -0.39 is 0 Å². The maximum Gasteiger partial charge on any atom is 0.119 e. The maximum absolute atomic E-state index is 6.01. The van der Waals surface area contributed by atoms with Crippen molar-refractivity contribution in [3.8, 4) is 5.75 Å². The highest BCUT2D eigenvalue weighted by atomic mass is 35.5. The third-order valence-electron chi connectivity index (χ3n) is 2.83. The predicted octanol–water partition coefficient (Wildman–Crippen LogP) is 4.50. The molecule has 1 heterocycles. The fourth-order valence-electron chi connectivity index (χ4n) is 1.96. The second-order valence-electron chi connectivity index (χ2n) is 4.28. The van der Waals surface area contributed by atoms with Crippen molar-refractivity contribution in [2.45, 2.75) is 19.4 Å². The molecule has 1 atom stereocenters. The molecule has 0 aliphatic carbocycles. The maximum atomic E-state index is 6.01. The van der Waals surface area contributed by atoms with Gasteiger partial charge in [-0.15, -0.1) is 11.3 Å². The second-order valence-corrected chi connectivity index (χ2v) is 6.03. The fourth-order valence-corrected chi connectivity index (χ4v) is 3.16. The van der Waals surface area contributed by atoms with Gasteiger partial charge in [0, 0.05) is 4.88 Å². The molecular formula is C15H18ClNOS. The molecule has 0 amide bonds. The van der Waals surface area contributed by atoms with E-state index in [2.05, 4.69) is 30.4 Å². The quantitative estimate of drug-likeness (QED) is 0.847. The molecule has 1 unspecified atom stereocenters. The topological polar surface area (TPSA) is 21.3 Å². The van der Waals surface area contributed by atoms with Gasteiger partial charge in [0.05, 0.1) is 17.0 Å². The van der Waals surface area contributed by atoms with Gasteiger partial charge in [-0.05, 0) is 43.3 Å². The van der Waals surface area contributed by atoms with E-state index in [0.29, 0.717) is 0 Å². The fraction of sp³-hybridized carbons (Fsp3) is 0.333. The van der Waals surface area contributed by atoms with Gasteiger partial charge in [0.15, 0.2) is 0 Å². The minimum absolute atomic E-state index is 0.155. The Hall–Kier alpha value is -1.03. The molecule has 102 valence electrons. The minimum Gasteiger partial charge on any atom is -0.494 e. The van der Waals surface area contributed by atoms with Gasteiger partial charge in [0.2, 0.25) is 0 Å². The van der Waals surface area contributed by atoms with E-state index in [4.69, 9.17) is 16.3 Å². The molecule has 0 radical (unpaired) electrons. The van der Waals surface area contributed by atoms with Crippen LogP contribution in [-0.4, -0.2) is 13.7 Å². The predicted molar refractivity (Wildman–Crippen MR) is 82.5 cm³/mol. The molecule has 0 saturated carbocycles. The van der Waals surface area contributed by atoms with Crippen LogP contribution in [0.25, 0.3) is 0 Å². The van der Waals surface area contributed by atoms with Crippen molar-refractivity contribution in [1.82, 2.24) is 5.32 Å². The third kappa shape index (κ3) is 3.72. The molecule has 0 bridgehead atoms. The highest BCUT2D eigenvalue weighted by molar-refractivity contribution is 7.16. The summed E-state index contributed by atoms with van der Waals surface area (Å²) in [5.74, 6) is 0.919. The van der Waals surface area contributed by atoms with Crippen molar-refractivity contribution >= 4 is 22.9 Å². The molecule has 1 aromatic heterocycles. The number of benzene rings is 1. The molecule has 0 saturated heterocycles. The monoisotopic (exact) mass is 295 g/mol. The van der Waals surface area contributed by atoms with E-state index in [0.717, 1.165) is 23.1 Å². The van der Waals surface area contributed by atoms with Crippen LogP contribution in [0.15, 0.2) is 36.4 Å². The normalized spacial score (nSPS) is 12.4. The van der Waals surface area contributed by atoms with Crippen LogP contribution >= 0.6 is 22.9 Å². The van der Waals surface area contributed by atoms with Crippen molar-refractivity contribution in [2.24, 2.45) is 0 Å². The SMILES string of the molecule is CCCOc1cccc(C(NC)c2ccc(Cl)s2)c1. The summed E-state index contributed by atoms with van der Waals surface area (Å²) in [6, 6.07) is 12.4. The summed E-state index contributed by atoms with van der Waals surface area (Å²) in [4.78, 5) is 1.21. The Morgan fingerprint density at radius 1 is 1.32 bits per heavy atom. The van der Waals surface area contributed by atoms with Crippen LogP contribution in [0.5, 0.6) is 5.75 Å². The highest BCUT2D eigenvalue weighted by Crippen LogP contribution is 2.32. The van der Waals surface area contributed by atoms with E-state index in [9.17, 15) is 0 Å². The molecule has 2 aromatic rings. The van der Waals surface area contributed by atoms with E-state index in [1.54, 1.807) is 11.3 Å². The average molecular weight is 296 g/mol. The lowest BCUT2D eigenvalue weighted by molar-refractivity contribution is 0.317. The molecule has 2 nitrogen and oxygen atoms in total. The van der Waals surface area contributed by atoms with Gasteiger partial charge in [-0.2, -0.15) is 0 Å². The van der Waals surface area contributed by atoms with Crippen molar-refractivity contribution < 1.29 is 4.74 Å². The summed E-state index contributed by atoms with van der Waals surface area (Å²) < 4.78 is 6.49. The Kier molecular flexibility index (Phi) is 5.25. The van der Waals surface area contributed by atoms with Gasteiger partial charge >= 0.3 is 0 Å². The first-order chi connectivity index (χ1) is 9.24. The van der Waals surface area contributed by atoms with Crippen LogP contribution in [0, 0.1) is 0 Å². The smallest absolute Gasteiger partial charge is 0.119 e. The first-order valence-electron chi connectivity index (χ1n) is 6.40. The summed E-state index contributed by atoms with van der Waals surface area (Å²) in [6.45, 7) is 2.85. The van der Waals surface area contributed by atoms with Crippen LogP contribution in [0.2, 0.25) is 4.34 Å². The van der Waals surface area contributed by atoms with Gasteiger partial charge in [-0.3, -0.25) is 0 Å². The zero-order valence-electron chi connectivity index (χ0n) is 11.2. The van der Waals surface area contributed by atoms with Crippen molar-refractivity contribution in [3.05, 3.63) is 51.2 Å². The van der Waals surface area contributed by atoms with Crippen molar-refractivity contribution in [3.63, 3.8) is 0 Å². The lowest BCUT2D eigenvalue weighted by Gasteiger charge is -2.16. The summed E-state index contributed by atoms with van der Waals surface area (Å²) in [6.07, 6.45) is 1.01. The number of rotatable bonds is 6. The largest absolute Gasteiger partial charge is 0.494 e. The molecule has 19 heavy (non-hydrogen) atoms. The van der Waals surface area contributed by atoms with Crippen LogP contribution in [0.4, 0.5) is 0 Å². The van der Waals surface area contributed by atoms with E-state index >= 15 is 0 Å². The van der Waals surface area contributed by atoms with Crippen LogP contribution < -0.4 is 10.1 Å². The van der Waals surface area contributed by atoms with Gasteiger partial charge in [0.25, 0.3) is 0 Å². The molecule has 0 spiro atoms. The first kappa shape index (κ1) is 14.4. The van der Waals surface area contributed by atoms with Gasteiger partial charge < -0.3 is 10.1 Å². The summed E-state index contributed by atoms with van der Waals surface area (Å²) >= 11 is 7.62. The molecule has 0 aliphatic heterocycles. The van der Waals surface area contributed by atoms with Crippen molar-refractivity contribution in [1.29, 1.82) is 0 Å². The molecular weight excluding hydrogens is 278 g/mol. The van der Waals surface area contributed by atoms with Crippen LogP contribution in [-0.2, 0) is 0 Å². The summed E-state index contributed by atoms with van der Waals surface area (Å²) in [7, 11) is 1.96. The Balaban J connectivity index is 2.23. The zero-order valence-corrected chi connectivity index (χ0v) is 12.7. The number of ether oxygens (including phenoxy) is 1. The number of hydrogen-bond donors (Lipinski definition) is 1. The Labute approximate surface area is 123 Å². The number of halogens is 1. The minimum atomic E-state index is 0.155. The Morgan fingerprint density at radius 2 is 2.16 bits per heavy atom. The Bertz CT molecular complexity index is 526. The van der Waals surface area contributed by atoms with Gasteiger partial charge in [-0.1, -0.05) is 30.7 Å². The molecule has 4 heteroatoms. The van der Waals surface area contributed by atoms with E-state index in [1.165, 1.54) is 10.4 Å². The number of hydrogen-bond acceptors (Lipinski definition) is 3. The van der Waals surface area contributed by atoms with Gasteiger partial charge in [0.1, 0.15) is 5.75 Å². The van der Waals surface area contributed by atoms with E-state index in [1.807, 2.05) is 25.2 Å². The average Bonchev–Trinajstić information content (AvgIpc) is 2.84. The standard InChI is InChI=1S/C15H18ClNOS/c1-3-9-18-12-6-4-5-11(10-12)15(17-2)13-7-8-14(16)19-13/h4-8,10,15,17H,3,9H2,1-2H3. The summed E-state index contributed by atoms with van der Waals surface area (Å²) in [5.41, 5.74) is 1.19. The zero-order chi connectivity index (χ0) is 13.7. The third-order valence-corrected chi connectivity index (χ3v) is 4.13. The molecule has 2 rings (SSSR count). The molecule has 0 fully saturated rings.